The van der Waals surface area contributed by atoms with Gasteiger partial charge in [-0.25, -0.2) is 0 Å². The molecule has 0 fully saturated rings. The lowest BCUT2D eigenvalue weighted by molar-refractivity contribution is 0.510. The number of halogens is 1. The average molecular weight is 150 g/mol. The van der Waals surface area contributed by atoms with Gasteiger partial charge >= 0.3 is 0 Å². The van der Waals surface area contributed by atoms with E-state index < -0.39 is 0 Å². The maximum atomic E-state index is 5.47. The molecule has 56 valence electrons. The van der Waals surface area contributed by atoms with E-state index in [1.807, 2.05) is 0 Å². The lowest BCUT2D eigenvalue weighted by atomic mass is 10.1. The third kappa shape index (κ3) is 6.13. The SMILES string of the molecule is CCC(C)CNCCCl. The van der Waals surface area contributed by atoms with E-state index in [1.54, 1.807) is 0 Å². The molecule has 0 saturated carbocycles. The molecule has 2 heteroatoms. The summed E-state index contributed by atoms with van der Waals surface area (Å²) in [5, 5.41) is 3.25. The topological polar surface area (TPSA) is 12.0 Å². The van der Waals surface area contributed by atoms with Crippen molar-refractivity contribution in [2.45, 2.75) is 20.3 Å². The molecule has 9 heavy (non-hydrogen) atoms. The standard InChI is InChI=1S/C7H16ClN/c1-3-7(2)6-9-5-4-8/h7,9H,3-6H2,1-2H3. The van der Waals surface area contributed by atoms with Gasteiger partial charge in [0.2, 0.25) is 0 Å². The first-order valence-corrected chi connectivity index (χ1v) is 4.11. The molecule has 0 aromatic heterocycles. The Balaban J connectivity index is 2.88. The summed E-state index contributed by atoms with van der Waals surface area (Å²) in [4.78, 5) is 0. The summed E-state index contributed by atoms with van der Waals surface area (Å²) in [6.07, 6.45) is 1.25. The zero-order valence-corrected chi connectivity index (χ0v) is 7.04. The Morgan fingerprint density at radius 3 is 2.67 bits per heavy atom. The van der Waals surface area contributed by atoms with Gasteiger partial charge in [0.25, 0.3) is 0 Å². The zero-order chi connectivity index (χ0) is 7.11. The van der Waals surface area contributed by atoms with Gasteiger partial charge in [-0.2, -0.15) is 0 Å². The third-order valence-electron chi connectivity index (χ3n) is 1.46. The molecule has 1 nitrogen and oxygen atoms in total. The summed E-state index contributed by atoms with van der Waals surface area (Å²) in [5.74, 6) is 1.50. The van der Waals surface area contributed by atoms with Gasteiger partial charge in [0.1, 0.15) is 0 Å². The van der Waals surface area contributed by atoms with Crippen LogP contribution in [0.1, 0.15) is 20.3 Å². The average Bonchev–Trinajstić information content (AvgIpc) is 1.89. The van der Waals surface area contributed by atoms with Crippen molar-refractivity contribution in [3.63, 3.8) is 0 Å². The fourth-order valence-electron chi connectivity index (χ4n) is 0.560. The molecule has 1 N–H and O–H groups in total. The van der Waals surface area contributed by atoms with Crippen LogP contribution < -0.4 is 5.32 Å². The van der Waals surface area contributed by atoms with E-state index in [1.165, 1.54) is 6.42 Å². The van der Waals surface area contributed by atoms with Gasteiger partial charge in [-0.05, 0) is 12.5 Å². The highest BCUT2D eigenvalue weighted by Gasteiger charge is 1.94. The smallest absolute Gasteiger partial charge is 0.0348 e. The van der Waals surface area contributed by atoms with Crippen LogP contribution in [0.3, 0.4) is 0 Å². The fraction of sp³-hybridized carbons (Fsp3) is 1.00. The lowest BCUT2D eigenvalue weighted by Gasteiger charge is -2.07. The Kier molecular flexibility index (Phi) is 6.55. The first-order chi connectivity index (χ1) is 4.31. The molecule has 0 aliphatic heterocycles. The normalized spacial score (nSPS) is 13.7. The molecule has 1 unspecified atom stereocenters. The van der Waals surface area contributed by atoms with Crippen LogP contribution in [-0.2, 0) is 0 Å². The number of rotatable bonds is 5. The Bertz CT molecular complexity index is 56.9. The first kappa shape index (κ1) is 9.25. The second-order valence-electron chi connectivity index (χ2n) is 2.41. The van der Waals surface area contributed by atoms with E-state index >= 15 is 0 Å². The quantitative estimate of drug-likeness (QED) is 0.465. The molecule has 0 bridgehead atoms. The van der Waals surface area contributed by atoms with Crippen molar-refractivity contribution in [2.75, 3.05) is 19.0 Å². The van der Waals surface area contributed by atoms with E-state index in [9.17, 15) is 0 Å². The lowest BCUT2D eigenvalue weighted by Crippen LogP contribution is -2.22. The first-order valence-electron chi connectivity index (χ1n) is 3.58. The van der Waals surface area contributed by atoms with Crippen LogP contribution >= 0.6 is 11.6 Å². The van der Waals surface area contributed by atoms with E-state index in [0.717, 1.165) is 24.9 Å². The maximum absolute atomic E-state index is 5.47. The molecule has 0 radical (unpaired) electrons. The van der Waals surface area contributed by atoms with Gasteiger partial charge in [0, 0.05) is 12.4 Å². The van der Waals surface area contributed by atoms with Crippen LogP contribution in [0.2, 0.25) is 0 Å². The summed E-state index contributed by atoms with van der Waals surface area (Å²) in [7, 11) is 0. The van der Waals surface area contributed by atoms with Gasteiger partial charge in [-0.15, -0.1) is 11.6 Å². The molecular weight excluding hydrogens is 134 g/mol. The van der Waals surface area contributed by atoms with Gasteiger partial charge in [0.15, 0.2) is 0 Å². The van der Waals surface area contributed by atoms with Crippen molar-refractivity contribution in [2.24, 2.45) is 5.92 Å². The monoisotopic (exact) mass is 149 g/mol. The van der Waals surface area contributed by atoms with Crippen molar-refractivity contribution in [1.82, 2.24) is 5.32 Å². The highest BCUT2D eigenvalue weighted by molar-refractivity contribution is 6.18. The predicted octanol–water partition coefficient (Wildman–Crippen LogP) is 1.86. The van der Waals surface area contributed by atoms with E-state index in [2.05, 4.69) is 19.2 Å². The van der Waals surface area contributed by atoms with Crippen LogP contribution in [0.25, 0.3) is 0 Å². The van der Waals surface area contributed by atoms with Crippen molar-refractivity contribution < 1.29 is 0 Å². The largest absolute Gasteiger partial charge is 0.315 e. The summed E-state index contributed by atoms with van der Waals surface area (Å²) in [5.41, 5.74) is 0. The van der Waals surface area contributed by atoms with Crippen molar-refractivity contribution in [1.29, 1.82) is 0 Å². The van der Waals surface area contributed by atoms with Gasteiger partial charge in [0.05, 0.1) is 0 Å². The van der Waals surface area contributed by atoms with Crippen LogP contribution in [0.5, 0.6) is 0 Å². The minimum atomic E-state index is 0.719. The van der Waals surface area contributed by atoms with Crippen molar-refractivity contribution in [3.8, 4) is 0 Å². The molecule has 0 aliphatic carbocycles. The van der Waals surface area contributed by atoms with E-state index in [0.29, 0.717) is 0 Å². The number of hydrogen-bond donors (Lipinski definition) is 1. The molecule has 0 aliphatic rings. The fourth-order valence-corrected chi connectivity index (χ4v) is 0.693. The molecule has 1 atom stereocenters. The Morgan fingerprint density at radius 1 is 1.56 bits per heavy atom. The summed E-state index contributed by atoms with van der Waals surface area (Å²) >= 11 is 5.47. The number of alkyl halides is 1. The van der Waals surface area contributed by atoms with E-state index in [4.69, 9.17) is 11.6 Å². The molecule has 0 spiro atoms. The van der Waals surface area contributed by atoms with Gasteiger partial charge in [-0.3, -0.25) is 0 Å². The molecule has 0 heterocycles. The second kappa shape index (κ2) is 6.37. The summed E-state index contributed by atoms with van der Waals surface area (Å²) < 4.78 is 0. The highest BCUT2D eigenvalue weighted by atomic mass is 35.5. The summed E-state index contributed by atoms with van der Waals surface area (Å²) in [6, 6.07) is 0. The second-order valence-corrected chi connectivity index (χ2v) is 2.78. The van der Waals surface area contributed by atoms with Crippen LogP contribution in [0.15, 0.2) is 0 Å². The molecule has 0 amide bonds. The number of hydrogen-bond acceptors (Lipinski definition) is 1. The third-order valence-corrected chi connectivity index (χ3v) is 1.65. The van der Waals surface area contributed by atoms with Crippen LogP contribution in [0.4, 0.5) is 0 Å². The number of nitrogens with one attached hydrogen (secondary N) is 1. The minimum Gasteiger partial charge on any atom is -0.315 e. The molecule has 0 rings (SSSR count). The predicted molar refractivity (Wildman–Crippen MR) is 43.0 cm³/mol. The maximum Gasteiger partial charge on any atom is 0.0348 e. The van der Waals surface area contributed by atoms with Crippen molar-refractivity contribution >= 4 is 11.6 Å². The Morgan fingerprint density at radius 2 is 2.22 bits per heavy atom. The Labute approximate surface area is 62.8 Å². The minimum absolute atomic E-state index is 0.719. The molecule has 0 saturated heterocycles. The zero-order valence-electron chi connectivity index (χ0n) is 6.28. The van der Waals surface area contributed by atoms with Crippen molar-refractivity contribution in [3.05, 3.63) is 0 Å². The molecule has 0 aromatic rings. The van der Waals surface area contributed by atoms with Crippen LogP contribution in [0, 0.1) is 5.92 Å². The molecular formula is C7H16ClN. The van der Waals surface area contributed by atoms with Crippen LogP contribution in [-0.4, -0.2) is 19.0 Å². The molecule has 0 aromatic carbocycles. The Hall–Kier alpha value is 0.250. The van der Waals surface area contributed by atoms with E-state index in [-0.39, 0.29) is 0 Å². The highest BCUT2D eigenvalue weighted by Crippen LogP contribution is 1.96. The summed E-state index contributed by atoms with van der Waals surface area (Å²) in [6.45, 7) is 6.48. The van der Waals surface area contributed by atoms with Gasteiger partial charge in [-0.1, -0.05) is 20.3 Å². The van der Waals surface area contributed by atoms with Gasteiger partial charge < -0.3 is 5.32 Å².